The largest absolute Gasteiger partial charge is 0.392 e. The fraction of sp³-hybridized carbons (Fsp3) is 0.467. The summed E-state index contributed by atoms with van der Waals surface area (Å²) in [5.74, 6) is 0. The molecule has 1 aromatic heterocycles. The van der Waals surface area contributed by atoms with Gasteiger partial charge in [-0.2, -0.15) is 5.10 Å². The molecule has 0 saturated carbocycles. The zero-order valence-electron chi connectivity index (χ0n) is 11.7. The predicted molar refractivity (Wildman–Crippen MR) is 76.6 cm³/mol. The van der Waals surface area contributed by atoms with Crippen molar-refractivity contribution in [3.63, 3.8) is 0 Å². The number of aliphatic hydroxyl groups excluding tert-OH is 1. The molecule has 106 valence electrons. The summed E-state index contributed by atoms with van der Waals surface area (Å²) in [6, 6.07) is 6.41. The van der Waals surface area contributed by atoms with Crippen LogP contribution in [0.25, 0.3) is 5.69 Å². The van der Waals surface area contributed by atoms with Crippen LogP contribution < -0.4 is 0 Å². The summed E-state index contributed by atoms with van der Waals surface area (Å²) in [4.78, 5) is 6.30. The van der Waals surface area contributed by atoms with Gasteiger partial charge in [0.2, 0.25) is 0 Å². The van der Waals surface area contributed by atoms with E-state index in [4.69, 9.17) is 0 Å². The van der Waals surface area contributed by atoms with Crippen molar-refractivity contribution in [1.29, 1.82) is 0 Å². The Morgan fingerprint density at radius 3 is 3.00 bits per heavy atom. The lowest BCUT2D eigenvalue weighted by molar-refractivity contribution is 0.0668. The lowest BCUT2D eigenvalue weighted by Gasteiger charge is -2.30. The van der Waals surface area contributed by atoms with Crippen LogP contribution in [0.3, 0.4) is 0 Å². The third-order valence-corrected chi connectivity index (χ3v) is 3.81. The maximum atomic E-state index is 9.72. The van der Waals surface area contributed by atoms with Gasteiger partial charge in [-0.05, 0) is 43.5 Å². The van der Waals surface area contributed by atoms with Gasteiger partial charge in [0.05, 0.1) is 11.8 Å². The van der Waals surface area contributed by atoms with Gasteiger partial charge in [-0.1, -0.05) is 12.1 Å². The Hall–Kier alpha value is -1.72. The highest BCUT2D eigenvalue weighted by atomic mass is 16.3. The first-order chi connectivity index (χ1) is 9.72. The van der Waals surface area contributed by atoms with E-state index in [1.165, 1.54) is 11.1 Å². The second kappa shape index (κ2) is 5.73. The minimum atomic E-state index is -0.167. The van der Waals surface area contributed by atoms with Crippen molar-refractivity contribution in [1.82, 2.24) is 19.7 Å². The van der Waals surface area contributed by atoms with Crippen LogP contribution in [-0.4, -0.2) is 44.0 Å². The van der Waals surface area contributed by atoms with Gasteiger partial charge >= 0.3 is 0 Å². The quantitative estimate of drug-likeness (QED) is 0.920. The number of nitrogens with zero attached hydrogens (tertiary/aromatic N) is 4. The van der Waals surface area contributed by atoms with E-state index in [0.717, 1.165) is 38.2 Å². The van der Waals surface area contributed by atoms with Crippen molar-refractivity contribution >= 4 is 0 Å². The molecule has 1 aliphatic rings. The number of aryl methyl sites for hydroxylation is 1. The lowest BCUT2D eigenvalue weighted by atomic mass is 10.1. The van der Waals surface area contributed by atoms with E-state index in [1.807, 2.05) is 0 Å². The Kier molecular flexibility index (Phi) is 3.80. The van der Waals surface area contributed by atoms with Crippen LogP contribution in [0.4, 0.5) is 0 Å². The first-order valence-electron chi connectivity index (χ1n) is 7.07. The molecule has 1 unspecified atom stereocenters. The molecule has 0 spiro atoms. The maximum Gasteiger partial charge on any atom is 0.138 e. The molecule has 5 nitrogen and oxygen atoms in total. The number of β-amino-alcohol motifs (C(OH)–C–C–N with tert-alkyl or cyclic N) is 1. The molecule has 1 saturated heterocycles. The van der Waals surface area contributed by atoms with Crippen LogP contribution in [-0.2, 0) is 6.54 Å². The Labute approximate surface area is 118 Å². The van der Waals surface area contributed by atoms with Gasteiger partial charge in [-0.3, -0.25) is 4.90 Å². The minimum absolute atomic E-state index is 0.167. The molecular formula is C15H20N4O. The summed E-state index contributed by atoms with van der Waals surface area (Å²) < 4.78 is 1.78. The number of rotatable bonds is 3. The van der Waals surface area contributed by atoms with Crippen molar-refractivity contribution in [2.75, 3.05) is 13.1 Å². The van der Waals surface area contributed by atoms with E-state index >= 15 is 0 Å². The second-order valence-electron chi connectivity index (χ2n) is 5.49. The van der Waals surface area contributed by atoms with E-state index in [2.05, 4.69) is 40.1 Å². The van der Waals surface area contributed by atoms with Crippen molar-refractivity contribution in [3.05, 3.63) is 42.0 Å². The molecule has 3 rings (SSSR count). The van der Waals surface area contributed by atoms with Crippen LogP contribution in [0.5, 0.6) is 0 Å². The normalized spacial score (nSPS) is 20.2. The highest BCUT2D eigenvalue weighted by molar-refractivity contribution is 5.41. The van der Waals surface area contributed by atoms with E-state index in [-0.39, 0.29) is 6.10 Å². The molecule has 1 N–H and O–H groups in total. The molecule has 1 atom stereocenters. The summed E-state index contributed by atoms with van der Waals surface area (Å²) in [6.07, 6.45) is 5.10. The van der Waals surface area contributed by atoms with E-state index < -0.39 is 0 Å². The monoisotopic (exact) mass is 272 g/mol. The molecule has 20 heavy (non-hydrogen) atoms. The molecule has 0 bridgehead atoms. The van der Waals surface area contributed by atoms with E-state index in [1.54, 1.807) is 17.3 Å². The molecular weight excluding hydrogens is 252 g/mol. The Morgan fingerprint density at radius 1 is 1.40 bits per heavy atom. The second-order valence-corrected chi connectivity index (χ2v) is 5.49. The number of hydrogen-bond acceptors (Lipinski definition) is 4. The Morgan fingerprint density at radius 2 is 2.30 bits per heavy atom. The van der Waals surface area contributed by atoms with Gasteiger partial charge < -0.3 is 5.11 Å². The van der Waals surface area contributed by atoms with E-state index in [0.29, 0.717) is 0 Å². The van der Waals surface area contributed by atoms with Crippen molar-refractivity contribution in [3.8, 4) is 5.69 Å². The van der Waals surface area contributed by atoms with Gasteiger partial charge in [0.15, 0.2) is 0 Å². The average molecular weight is 272 g/mol. The number of aromatic nitrogens is 3. The molecule has 0 aliphatic carbocycles. The number of piperidine rings is 1. The van der Waals surface area contributed by atoms with Gasteiger partial charge in [0.25, 0.3) is 0 Å². The summed E-state index contributed by atoms with van der Waals surface area (Å²) in [5, 5.41) is 13.9. The molecule has 0 amide bonds. The number of likely N-dealkylation sites (tertiary alicyclic amines) is 1. The summed E-state index contributed by atoms with van der Waals surface area (Å²) in [5.41, 5.74) is 3.52. The SMILES string of the molecule is Cc1cc(CN2CCCC(O)C2)ccc1-n1cncn1. The maximum absolute atomic E-state index is 9.72. The average Bonchev–Trinajstić information content (AvgIpc) is 2.92. The molecule has 1 aliphatic heterocycles. The Bertz CT molecular complexity index is 567. The molecule has 1 fully saturated rings. The van der Waals surface area contributed by atoms with Crippen LogP contribution >= 0.6 is 0 Å². The van der Waals surface area contributed by atoms with Crippen LogP contribution in [0.15, 0.2) is 30.9 Å². The number of benzene rings is 1. The number of aliphatic hydroxyl groups is 1. The van der Waals surface area contributed by atoms with Gasteiger partial charge in [-0.15, -0.1) is 0 Å². The van der Waals surface area contributed by atoms with E-state index in [9.17, 15) is 5.11 Å². The summed E-state index contributed by atoms with van der Waals surface area (Å²) in [7, 11) is 0. The van der Waals surface area contributed by atoms with Gasteiger partial charge in [0, 0.05) is 13.1 Å². The van der Waals surface area contributed by atoms with Crippen molar-refractivity contribution in [2.24, 2.45) is 0 Å². The zero-order chi connectivity index (χ0) is 13.9. The van der Waals surface area contributed by atoms with Gasteiger partial charge in [0.1, 0.15) is 12.7 Å². The molecule has 2 heterocycles. The fourth-order valence-corrected chi connectivity index (χ4v) is 2.84. The minimum Gasteiger partial charge on any atom is -0.392 e. The number of hydrogen-bond donors (Lipinski definition) is 1. The zero-order valence-corrected chi connectivity index (χ0v) is 11.7. The molecule has 2 aromatic rings. The van der Waals surface area contributed by atoms with Crippen LogP contribution in [0.1, 0.15) is 24.0 Å². The standard InChI is InChI=1S/C15H20N4O/c1-12-7-13(8-18-6-2-3-14(20)9-18)4-5-15(12)19-11-16-10-17-19/h4-5,7,10-11,14,20H,2-3,6,8-9H2,1H3. The van der Waals surface area contributed by atoms with Crippen molar-refractivity contribution in [2.45, 2.75) is 32.4 Å². The smallest absolute Gasteiger partial charge is 0.138 e. The first kappa shape index (κ1) is 13.3. The highest BCUT2D eigenvalue weighted by Crippen LogP contribution is 2.18. The third kappa shape index (κ3) is 2.89. The first-order valence-corrected chi connectivity index (χ1v) is 7.07. The third-order valence-electron chi connectivity index (χ3n) is 3.81. The molecule has 0 radical (unpaired) electrons. The topological polar surface area (TPSA) is 54.2 Å². The van der Waals surface area contributed by atoms with Crippen LogP contribution in [0, 0.1) is 6.92 Å². The Balaban J connectivity index is 1.74. The fourth-order valence-electron chi connectivity index (χ4n) is 2.84. The highest BCUT2D eigenvalue weighted by Gasteiger charge is 2.17. The lowest BCUT2D eigenvalue weighted by Crippen LogP contribution is -2.37. The van der Waals surface area contributed by atoms with Gasteiger partial charge in [-0.25, -0.2) is 9.67 Å². The predicted octanol–water partition coefficient (Wildman–Crippen LogP) is 1.53. The van der Waals surface area contributed by atoms with Crippen LogP contribution in [0.2, 0.25) is 0 Å². The molecule has 5 heteroatoms. The summed E-state index contributed by atoms with van der Waals surface area (Å²) >= 11 is 0. The van der Waals surface area contributed by atoms with Crippen molar-refractivity contribution < 1.29 is 5.11 Å². The molecule has 1 aromatic carbocycles. The summed E-state index contributed by atoms with van der Waals surface area (Å²) in [6.45, 7) is 4.84.